The Morgan fingerprint density at radius 1 is 1.17 bits per heavy atom. The number of benzene rings is 1. The molecule has 0 aliphatic heterocycles. The van der Waals surface area contributed by atoms with Crippen molar-refractivity contribution in [3.8, 4) is 0 Å². The summed E-state index contributed by atoms with van der Waals surface area (Å²) in [5.41, 5.74) is 2.41. The van der Waals surface area contributed by atoms with E-state index in [1.54, 1.807) is 6.33 Å². The van der Waals surface area contributed by atoms with Crippen LogP contribution in [0.1, 0.15) is 30.5 Å². The van der Waals surface area contributed by atoms with Crippen molar-refractivity contribution in [1.29, 1.82) is 0 Å². The minimum Gasteiger partial charge on any atom is -0.306 e. The Morgan fingerprint density at radius 2 is 1.83 bits per heavy atom. The molecule has 94 valence electrons. The van der Waals surface area contributed by atoms with E-state index in [1.807, 2.05) is 12.4 Å². The summed E-state index contributed by atoms with van der Waals surface area (Å²) in [5, 5.41) is 3.53. The molecule has 4 heteroatoms. The number of nitrogens with one attached hydrogen (secondary N) is 1. The lowest BCUT2D eigenvalue weighted by Gasteiger charge is -2.17. The van der Waals surface area contributed by atoms with Crippen molar-refractivity contribution in [2.24, 2.45) is 0 Å². The van der Waals surface area contributed by atoms with E-state index in [-0.39, 0.29) is 0 Å². The maximum atomic E-state index is 4.02. The first-order valence-electron chi connectivity index (χ1n) is 6.02. The van der Waals surface area contributed by atoms with Gasteiger partial charge in [0.15, 0.2) is 0 Å². The van der Waals surface area contributed by atoms with Crippen LogP contribution in [-0.4, -0.2) is 9.97 Å². The summed E-state index contributed by atoms with van der Waals surface area (Å²) in [6, 6.07) is 8.80. The van der Waals surface area contributed by atoms with Crippen LogP contribution in [-0.2, 0) is 6.54 Å². The second kappa shape index (κ2) is 6.61. The topological polar surface area (TPSA) is 37.8 Å². The van der Waals surface area contributed by atoms with Crippen molar-refractivity contribution in [3.63, 3.8) is 0 Å². The van der Waals surface area contributed by atoms with Gasteiger partial charge >= 0.3 is 0 Å². The SMILES string of the molecule is CCC(NCc1cncnc1)c1ccc(Br)cc1. The van der Waals surface area contributed by atoms with E-state index < -0.39 is 0 Å². The number of aromatic nitrogens is 2. The molecule has 0 spiro atoms. The van der Waals surface area contributed by atoms with Gasteiger partial charge in [0.25, 0.3) is 0 Å². The molecule has 1 N–H and O–H groups in total. The predicted octanol–water partition coefficient (Wildman–Crippen LogP) is 3.48. The quantitative estimate of drug-likeness (QED) is 0.919. The van der Waals surface area contributed by atoms with Crippen LogP contribution < -0.4 is 5.32 Å². The van der Waals surface area contributed by atoms with Crippen LogP contribution in [0.2, 0.25) is 0 Å². The van der Waals surface area contributed by atoms with E-state index in [4.69, 9.17) is 0 Å². The fraction of sp³-hybridized carbons (Fsp3) is 0.286. The van der Waals surface area contributed by atoms with Crippen molar-refractivity contribution in [2.75, 3.05) is 0 Å². The van der Waals surface area contributed by atoms with Crippen LogP contribution >= 0.6 is 15.9 Å². The molecular weight excluding hydrogens is 290 g/mol. The van der Waals surface area contributed by atoms with Crippen molar-refractivity contribution >= 4 is 15.9 Å². The van der Waals surface area contributed by atoms with Gasteiger partial charge in [-0.15, -0.1) is 0 Å². The molecule has 1 aromatic heterocycles. The molecule has 1 heterocycles. The minimum atomic E-state index is 0.360. The van der Waals surface area contributed by atoms with Crippen LogP contribution in [0.15, 0.2) is 47.5 Å². The van der Waals surface area contributed by atoms with Crippen LogP contribution in [0.4, 0.5) is 0 Å². The molecule has 0 fully saturated rings. The van der Waals surface area contributed by atoms with Gasteiger partial charge < -0.3 is 5.32 Å². The monoisotopic (exact) mass is 305 g/mol. The number of nitrogens with zero attached hydrogens (tertiary/aromatic N) is 2. The van der Waals surface area contributed by atoms with E-state index in [9.17, 15) is 0 Å². The summed E-state index contributed by atoms with van der Waals surface area (Å²) in [6.45, 7) is 2.97. The highest BCUT2D eigenvalue weighted by Gasteiger charge is 2.08. The summed E-state index contributed by atoms with van der Waals surface area (Å²) in [6.07, 6.45) is 6.29. The Morgan fingerprint density at radius 3 is 2.44 bits per heavy atom. The molecule has 2 rings (SSSR count). The van der Waals surface area contributed by atoms with Crippen LogP contribution in [0, 0.1) is 0 Å². The Kier molecular flexibility index (Phi) is 4.84. The lowest BCUT2D eigenvalue weighted by Crippen LogP contribution is -2.20. The van der Waals surface area contributed by atoms with Gasteiger partial charge in [-0.2, -0.15) is 0 Å². The molecule has 18 heavy (non-hydrogen) atoms. The smallest absolute Gasteiger partial charge is 0.115 e. The zero-order valence-electron chi connectivity index (χ0n) is 10.3. The fourth-order valence-electron chi connectivity index (χ4n) is 1.86. The zero-order chi connectivity index (χ0) is 12.8. The first-order chi connectivity index (χ1) is 8.79. The van der Waals surface area contributed by atoms with Crippen LogP contribution in [0.25, 0.3) is 0 Å². The largest absolute Gasteiger partial charge is 0.306 e. The van der Waals surface area contributed by atoms with Gasteiger partial charge in [-0.3, -0.25) is 0 Å². The number of hydrogen-bond acceptors (Lipinski definition) is 3. The molecule has 1 aromatic carbocycles. The van der Waals surface area contributed by atoms with Gasteiger partial charge in [0.05, 0.1) is 0 Å². The highest BCUT2D eigenvalue weighted by Crippen LogP contribution is 2.19. The van der Waals surface area contributed by atoms with Gasteiger partial charge in [-0.1, -0.05) is 35.0 Å². The average molecular weight is 306 g/mol. The maximum absolute atomic E-state index is 4.02. The average Bonchev–Trinajstić information content (AvgIpc) is 2.42. The Labute approximate surface area is 116 Å². The molecule has 3 nitrogen and oxygen atoms in total. The van der Waals surface area contributed by atoms with Crippen molar-refractivity contribution in [2.45, 2.75) is 25.9 Å². The number of rotatable bonds is 5. The molecule has 0 radical (unpaired) electrons. The number of halogens is 1. The molecule has 0 aliphatic carbocycles. The van der Waals surface area contributed by atoms with Crippen molar-refractivity contribution in [1.82, 2.24) is 15.3 Å². The minimum absolute atomic E-state index is 0.360. The first-order valence-corrected chi connectivity index (χ1v) is 6.81. The van der Waals surface area contributed by atoms with E-state index in [0.717, 1.165) is 23.0 Å². The van der Waals surface area contributed by atoms with Gasteiger partial charge in [-0.25, -0.2) is 9.97 Å². The Balaban J connectivity index is 1.99. The number of hydrogen-bond donors (Lipinski definition) is 1. The van der Waals surface area contributed by atoms with Gasteiger partial charge in [-0.05, 0) is 24.1 Å². The summed E-state index contributed by atoms with van der Waals surface area (Å²) in [5.74, 6) is 0. The van der Waals surface area contributed by atoms with Crippen LogP contribution in [0.3, 0.4) is 0 Å². The highest BCUT2D eigenvalue weighted by atomic mass is 79.9. The molecule has 0 bridgehead atoms. The molecule has 0 saturated heterocycles. The Bertz CT molecular complexity index is 470. The van der Waals surface area contributed by atoms with Gasteiger partial charge in [0.1, 0.15) is 6.33 Å². The summed E-state index contributed by atoms with van der Waals surface area (Å²) >= 11 is 3.46. The fourth-order valence-corrected chi connectivity index (χ4v) is 2.12. The van der Waals surface area contributed by atoms with Gasteiger partial charge in [0, 0.05) is 35.0 Å². The first kappa shape index (κ1) is 13.2. The summed E-state index contributed by atoms with van der Waals surface area (Å²) in [7, 11) is 0. The predicted molar refractivity (Wildman–Crippen MR) is 76.0 cm³/mol. The van der Waals surface area contributed by atoms with Crippen LogP contribution in [0.5, 0.6) is 0 Å². The molecule has 0 aliphatic rings. The van der Waals surface area contributed by atoms with E-state index in [0.29, 0.717) is 6.04 Å². The standard InChI is InChI=1S/C14H16BrN3/c1-2-14(12-3-5-13(15)6-4-12)18-9-11-7-16-10-17-8-11/h3-8,10,14,18H,2,9H2,1H3. The van der Waals surface area contributed by atoms with E-state index in [1.165, 1.54) is 5.56 Å². The van der Waals surface area contributed by atoms with E-state index >= 15 is 0 Å². The lowest BCUT2D eigenvalue weighted by molar-refractivity contribution is 0.517. The molecule has 1 unspecified atom stereocenters. The van der Waals surface area contributed by atoms with Gasteiger partial charge in [0.2, 0.25) is 0 Å². The molecule has 1 atom stereocenters. The van der Waals surface area contributed by atoms with Crippen molar-refractivity contribution < 1.29 is 0 Å². The summed E-state index contributed by atoms with van der Waals surface area (Å²) in [4.78, 5) is 8.03. The van der Waals surface area contributed by atoms with Crippen molar-refractivity contribution in [3.05, 3.63) is 58.6 Å². The molecule has 2 aromatic rings. The maximum Gasteiger partial charge on any atom is 0.115 e. The third kappa shape index (κ3) is 3.62. The molecular formula is C14H16BrN3. The molecule has 0 amide bonds. The normalized spacial score (nSPS) is 12.3. The lowest BCUT2D eigenvalue weighted by atomic mass is 10.0. The van der Waals surface area contributed by atoms with E-state index in [2.05, 4.69) is 62.4 Å². The summed E-state index contributed by atoms with van der Waals surface area (Å²) < 4.78 is 1.11. The third-order valence-electron chi connectivity index (χ3n) is 2.85. The third-order valence-corrected chi connectivity index (χ3v) is 3.38. The second-order valence-corrected chi connectivity index (χ2v) is 5.06. The highest BCUT2D eigenvalue weighted by molar-refractivity contribution is 9.10. The second-order valence-electron chi connectivity index (χ2n) is 4.14. The zero-order valence-corrected chi connectivity index (χ0v) is 11.9. The molecule has 0 saturated carbocycles. The Hall–Kier alpha value is -1.26.